The molecule has 4 aromatic rings. The molecule has 0 aliphatic heterocycles. The van der Waals surface area contributed by atoms with E-state index in [1.807, 2.05) is 66.7 Å². The molecule has 0 spiro atoms. The van der Waals surface area contributed by atoms with Crippen LogP contribution in [0.15, 0.2) is 77.7 Å². The third-order valence-electron chi connectivity index (χ3n) is 4.23. The molecule has 0 aliphatic rings. The van der Waals surface area contributed by atoms with Gasteiger partial charge in [-0.05, 0) is 42.0 Å². The third kappa shape index (κ3) is 2.95. The summed E-state index contributed by atoms with van der Waals surface area (Å²) in [7, 11) is 1.61. The first-order valence-corrected chi connectivity index (χ1v) is 8.31. The Labute approximate surface area is 150 Å². The number of methoxy groups -OCH3 is 1. The Kier molecular flexibility index (Phi) is 4.19. The van der Waals surface area contributed by atoms with Crippen LogP contribution in [0.5, 0.6) is 5.75 Å². The fourth-order valence-corrected chi connectivity index (χ4v) is 2.94. The van der Waals surface area contributed by atoms with Gasteiger partial charge in [0, 0.05) is 12.6 Å². The van der Waals surface area contributed by atoms with Crippen LogP contribution in [0, 0.1) is 0 Å². The molecule has 0 amide bonds. The van der Waals surface area contributed by atoms with E-state index in [4.69, 9.17) is 4.74 Å². The molecule has 0 aliphatic carbocycles. The highest BCUT2D eigenvalue weighted by Gasteiger charge is 2.14. The Morgan fingerprint density at radius 1 is 0.962 bits per heavy atom. The minimum atomic E-state index is -0.162. The van der Waals surface area contributed by atoms with Gasteiger partial charge in [0.15, 0.2) is 5.65 Å². The van der Waals surface area contributed by atoms with E-state index in [1.165, 1.54) is 0 Å². The van der Waals surface area contributed by atoms with Crippen molar-refractivity contribution in [2.75, 3.05) is 7.11 Å². The average Bonchev–Trinajstić information content (AvgIpc) is 2.70. The summed E-state index contributed by atoms with van der Waals surface area (Å²) in [5, 5.41) is 0. The van der Waals surface area contributed by atoms with Crippen molar-refractivity contribution >= 4 is 11.2 Å². The summed E-state index contributed by atoms with van der Waals surface area (Å²) < 4.78 is 6.82. The van der Waals surface area contributed by atoms with Crippen molar-refractivity contribution < 1.29 is 4.74 Å². The maximum atomic E-state index is 13.2. The maximum Gasteiger partial charge on any atom is 0.278 e. The minimum Gasteiger partial charge on any atom is -0.497 e. The van der Waals surface area contributed by atoms with Crippen LogP contribution in [-0.4, -0.2) is 21.6 Å². The average molecular weight is 343 g/mol. The number of benzene rings is 2. The van der Waals surface area contributed by atoms with E-state index in [2.05, 4.69) is 9.97 Å². The molecule has 0 saturated heterocycles. The molecular weight excluding hydrogens is 326 g/mol. The van der Waals surface area contributed by atoms with E-state index in [9.17, 15) is 4.79 Å². The summed E-state index contributed by atoms with van der Waals surface area (Å²) >= 11 is 0. The maximum absolute atomic E-state index is 13.2. The van der Waals surface area contributed by atoms with Gasteiger partial charge in [-0.2, -0.15) is 0 Å². The van der Waals surface area contributed by atoms with Crippen LogP contribution in [0.3, 0.4) is 0 Å². The second kappa shape index (κ2) is 6.80. The predicted molar refractivity (Wildman–Crippen MR) is 101 cm³/mol. The minimum absolute atomic E-state index is 0.162. The van der Waals surface area contributed by atoms with Crippen molar-refractivity contribution in [2.24, 2.45) is 0 Å². The molecule has 0 radical (unpaired) electrons. The Morgan fingerprint density at radius 3 is 2.46 bits per heavy atom. The molecule has 0 N–H and O–H groups in total. The molecule has 0 bridgehead atoms. The highest BCUT2D eigenvalue weighted by Crippen LogP contribution is 2.18. The molecular formula is C21H17N3O2. The standard InChI is InChI=1S/C21H17N3O2/c1-26-17-11-9-16(10-12-17)24-20-18(8-5-13-22-20)23-19(21(24)25)14-15-6-3-2-4-7-15/h2-13H,14H2,1H3. The summed E-state index contributed by atoms with van der Waals surface area (Å²) in [4.78, 5) is 22.1. The molecule has 0 atom stereocenters. The number of nitrogens with zero attached hydrogens (tertiary/aromatic N) is 3. The van der Waals surface area contributed by atoms with Crippen LogP contribution in [0.2, 0.25) is 0 Å². The highest BCUT2D eigenvalue weighted by molar-refractivity contribution is 5.72. The molecule has 2 heterocycles. The van der Waals surface area contributed by atoms with Gasteiger partial charge in [0.2, 0.25) is 0 Å². The number of pyridine rings is 1. The Morgan fingerprint density at radius 2 is 1.73 bits per heavy atom. The highest BCUT2D eigenvalue weighted by atomic mass is 16.5. The summed E-state index contributed by atoms with van der Waals surface area (Å²) in [6.07, 6.45) is 2.14. The molecule has 2 aromatic carbocycles. The van der Waals surface area contributed by atoms with Gasteiger partial charge in [-0.25, -0.2) is 9.97 Å². The lowest BCUT2D eigenvalue weighted by molar-refractivity contribution is 0.414. The van der Waals surface area contributed by atoms with Gasteiger partial charge >= 0.3 is 0 Å². The Balaban J connectivity index is 1.92. The monoisotopic (exact) mass is 343 g/mol. The van der Waals surface area contributed by atoms with Crippen molar-refractivity contribution in [3.63, 3.8) is 0 Å². The van der Waals surface area contributed by atoms with E-state index >= 15 is 0 Å². The van der Waals surface area contributed by atoms with Crippen molar-refractivity contribution in [1.29, 1.82) is 0 Å². The smallest absolute Gasteiger partial charge is 0.278 e. The van der Waals surface area contributed by atoms with E-state index in [0.29, 0.717) is 23.3 Å². The normalized spacial score (nSPS) is 10.8. The molecule has 5 heteroatoms. The number of rotatable bonds is 4. The van der Waals surface area contributed by atoms with E-state index in [1.54, 1.807) is 17.9 Å². The molecule has 4 rings (SSSR count). The zero-order chi connectivity index (χ0) is 17.9. The second-order valence-corrected chi connectivity index (χ2v) is 5.91. The molecule has 26 heavy (non-hydrogen) atoms. The third-order valence-corrected chi connectivity index (χ3v) is 4.23. The SMILES string of the molecule is COc1ccc(-n2c(=O)c(Cc3ccccc3)nc3cccnc32)cc1. The number of hydrogen-bond donors (Lipinski definition) is 0. The fraction of sp³-hybridized carbons (Fsp3) is 0.0952. The lowest BCUT2D eigenvalue weighted by Crippen LogP contribution is -2.25. The predicted octanol–water partition coefficient (Wildman–Crippen LogP) is 3.38. The quantitative estimate of drug-likeness (QED) is 0.570. The lowest BCUT2D eigenvalue weighted by Gasteiger charge is -2.12. The van der Waals surface area contributed by atoms with Crippen molar-refractivity contribution in [3.8, 4) is 11.4 Å². The van der Waals surface area contributed by atoms with Crippen LogP contribution in [0.1, 0.15) is 11.3 Å². The first kappa shape index (κ1) is 16.0. The van der Waals surface area contributed by atoms with Crippen LogP contribution < -0.4 is 10.3 Å². The topological polar surface area (TPSA) is 57.0 Å². The first-order valence-electron chi connectivity index (χ1n) is 8.31. The summed E-state index contributed by atoms with van der Waals surface area (Å²) in [6, 6.07) is 20.9. The number of fused-ring (bicyclic) bond motifs is 1. The van der Waals surface area contributed by atoms with E-state index in [-0.39, 0.29) is 5.56 Å². The van der Waals surface area contributed by atoms with Crippen LogP contribution >= 0.6 is 0 Å². The number of ether oxygens (including phenoxy) is 1. The van der Waals surface area contributed by atoms with E-state index < -0.39 is 0 Å². The Bertz CT molecular complexity index is 1100. The van der Waals surface area contributed by atoms with Gasteiger partial charge in [0.05, 0.1) is 12.8 Å². The van der Waals surface area contributed by atoms with Gasteiger partial charge in [-0.3, -0.25) is 9.36 Å². The van der Waals surface area contributed by atoms with Gasteiger partial charge in [-0.1, -0.05) is 30.3 Å². The second-order valence-electron chi connectivity index (χ2n) is 5.91. The molecule has 128 valence electrons. The summed E-state index contributed by atoms with van der Waals surface area (Å²) in [5.41, 5.74) is 3.34. The van der Waals surface area contributed by atoms with Gasteiger partial charge in [-0.15, -0.1) is 0 Å². The largest absolute Gasteiger partial charge is 0.497 e. The van der Waals surface area contributed by atoms with Gasteiger partial charge in [0.25, 0.3) is 5.56 Å². The van der Waals surface area contributed by atoms with Crippen LogP contribution in [-0.2, 0) is 6.42 Å². The molecule has 2 aromatic heterocycles. The summed E-state index contributed by atoms with van der Waals surface area (Å²) in [5.74, 6) is 0.734. The fourth-order valence-electron chi connectivity index (χ4n) is 2.94. The zero-order valence-electron chi connectivity index (χ0n) is 14.3. The number of hydrogen-bond acceptors (Lipinski definition) is 4. The van der Waals surface area contributed by atoms with Crippen molar-refractivity contribution in [3.05, 3.63) is 94.5 Å². The van der Waals surface area contributed by atoms with Crippen molar-refractivity contribution in [2.45, 2.75) is 6.42 Å². The van der Waals surface area contributed by atoms with E-state index in [0.717, 1.165) is 17.0 Å². The van der Waals surface area contributed by atoms with Crippen LogP contribution in [0.4, 0.5) is 0 Å². The molecule has 0 saturated carbocycles. The molecule has 0 fully saturated rings. The Hall–Kier alpha value is -3.47. The van der Waals surface area contributed by atoms with Crippen molar-refractivity contribution in [1.82, 2.24) is 14.5 Å². The zero-order valence-corrected chi connectivity index (χ0v) is 14.3. The number of aromatic nitrogens is 3. The molecule has 5 nitrogen and oxygen atoms in total. The molecule has 0 unspecified atom stereocenters. The lowest BCUT2D eigenvalue weighted by atomic mass is 10.1. The van der Waals surface area contributed by atoms with Crippen LogP contribution in [0.25, 0.3) is 16.9 Å². The first-order chi connectivity index (χ1) is 12.8. The van der Waals surface area contributed by atoms with Gasteiger partial charge < -0.3 is 4.74 Å². The summed E-state index contributed by atoms with van der Waals surface area (Å²) in [6.45, 7) is 0. The van der Waals surface area contributed by atoms with Gasteiger partial charge in [0.1, 0.15) is 17.0 Å².